The van der Waals surface area contributed by atoms with Crippen LogP contribution in [-0.2, 0) is 4.79 Å². The molecule has 190 valence electrons. The van der Waals surface area contributed by atoms with Gasteiger partial charge in [-0.15, -0.1) is 0 Å². The maximum Gasteiger partial charge on any atom is 0.273 e. The third kappa shape index (κ3) is 5.92. The first-order chi connectivity index (χ1) is 16.9. The molecule has 3 rings (SSSR count). The summed E-state index contributed by atoms with van der Waals surface area (Å²) in [5, 5.41) is 13.1. The zero-order valence-electron chi connectivity index (χ0n) is 20.4. The highest BCUT2D eigenvalue weighted by molar-refractivity contribution is 7.09. The zero-order valence-corrected chi connectivity index (χ0v) is 21.3. The Hall–Kier alpha value is -4.12. The zero-order chi connectivity index (χ0) is 26.6. The highest BCUT2D eigenvalue weighted by Crippen LogP contribution is 2.35. The number of nitrogen functional groups attached to an aromatic ring is 1. The molecule has 2 aromatic carbocycles. The number of hydrogen-bond acceptors (Lipinski definition) is 8. The standard InChI is InChI=1S/C25H29N5O5S/c1-5-35-17-11-9-14(10-12-17)20(23(33)28-25(2,3)4)30(15-7-6-8-16(31)13-15)24(34)21-18(26)19(22(27)32)29-36-21/h6-13,20,31H,5,26H2,1-4H3,(H2,27,32)(H,28,33)/t20-/m1/s1. The minimum atomic E-state index is -1.17. The number of nitrogens with two attached hydrogens (primary N) is 2. The summed E-state index contributed by atoms with van der Waals surface area (Å²) in [5.74, 6) is -1.54. The molecule has 0 aliphatic heterocycles. The molecular formula is C25H29N5O5S. The lowest BCUT2D eigenvalue weighted by atomic mass is 10.00. The molecule has 1 atom stereocenters. The van der Waals surface area contributed by atoms with Gasteiger partial charge in [0.05, 0.1) is 12.3 Å². The van der Waals surface area contributed by atoms with Crippen LogP contribution >= 0.6 is 11.5 Å². The van der Waals surface area contributed by atoms with E-state index in [0.29, 0.717) is 29.5 Å². The Balaban J connectivity index is 2.22. The SMILES string of the molecule is CCOc1ccc([C@H](C(=O)NC(C)(C)C)N(C(=O)c2snc(C(N)=O)c2N)c2cccc(O)c2)cc1. The summed E-state index contributed by atoms with van der Waals surface area (Å²) in [6, 6.07) is 11.5. The van der Waals surface area contributed by atoms with Gasteiger partial charge in [-0.3, -0.25) is 19.3 Å². The summed E-state index contributed by atoms with van der Waals surface area (Å²) in [4.78, 5) is 40.5. The van der Waals surface area contributed by atoms with Crippen LogP contribution in [0.3, 0.4) is 0 Å². The summed E-state index contributed by atoms with van der Waals surface area (Å²) in [5.41, 5.74) is 11.1. The minimum Gasteiger partial charge on any atom is -0.508 e. The lowest BCUT2D eigenvalue weighted by Crippen LogP contribution is -2.49. The molecule has 11 heteroatoms. The van der Waals surface area contributed by atoms with Gasteiger partial charge in [0.2, 0.25) is 5.91 Å². The Morgan fingerprint density at radius 2 is 1.83 bits per heavy atom. The van der Waals surface area contributed by atoms with Crippen molar-refractivity contribution < 1.29 is 24.2 Å². The van der Waals surface area contributed by atoms with Crippen molar-refractivity contribution >= 4 is 40.6 Å². The highest BCUT2D eigenvalue weighted by atomic mass is 32.1. The first-order valence-corrected chi connectivity index (χ1v) is 11.9. The molecule has 6 N–H and O–H groups in total. The summed E-state index contributed by atoms with van der Waals surface area (Å²) in [6.07, 6.45) is 0. The minimum absolute atomic E-state index is 0.0633. The number of carbonyl (C=O) groups is 3. The molecule has 0 fully saturated rings. The third-order valence-corrected chi connectivity index (χ3v) is 5.84. The van der Waals surface area contributed by atoms with Crippen molar-refractivity contribution in [1.29, 1.82) is 0 Å². The van der Waals surface area contributed by atoms with E-state index in [4.69, 9.17) is 16.2 Å². The molecule has 0 unspecified atom stereocenters. The lowest BCUT2D eigenvalue weighted by Gasteiger charge is -2.33. The Kier molecular flexibility index (Phi) is 7.83. The van der Waals surface area contributed by atoms with Gasteiger partial charge in [-0.1, -0.05) is 18.2 Å². The maximum atomic E-state index is 13.9. The number of phenolic OH excluding ortho intramolecular Hbond substituents is 1. The van der Waals surface area contributed by atoms with Gasteiger partial charge in [-0.25, -0.2) is 0 Å². The van der Waals surface area contributed by atoms with Crippen molar-refractivity contribution in [2.24, 2.45) is 5.73 Å². The number of carbonyl (C=O) groups excluding carboxylic acids is 3. The van der Waals surface area contributed by atoms with Gasteiger partial charge in [-0.05, 0) is 69.1 Å². The molecule has 1 heterocycles. The number of anilines is 2. The number of nitrogens with zero attached hydrogens (tertiary/aromatic N) is 2. The monoisotopic (exact) mass is 511 g/mol. The number of rotatable bonds is 8. The fourth-order valence-corrected chi connectivity index (χ4v) is 4.28. The van der Waals surface area contributed by atoms with E-state index in [1.165, 1.54) is 17.0 Å². The van der Waals surface area contributed by atoms with E-state index in [1.54, 1.807) is 36.4 Å². The van der Waals surface area contributed by atoms with Gasteiger partial charge in [-0.2, -0.15) is 4.37 Å². The molecule has 0 aliphatic rings. The van der Waals surface area contributed by atoms with Crippen LogP contribution in [0.25, 0.3) is 0 Å². The first kappa shape index (κ1) is 26.5. The molecule has 0 aliphatic carbocycles. The second-order valence-electron chi connectivity index (χ2n) is 8.98. The van der Waals surface area contributed by atoms with Crippen molar-refractivity contribution in [3.63, 3.8) is 0 Å². The van der Waals surface area contributed by atoms with Crippen LogP contribution < -0.4 is 26.4 Å². The fourth-order valence-electron chi connectivity index (χ4n) is 3.53. The van der Waals surface area contributed by atoms with Crippen molar-refractivity contribution in [3.8, 4) is 11.5 Å². The maximum absolute atomic E-state index is 13.9. The van der Waals surface area contributed by atoms with E-state index in [-0.39, 0.29) is 27.7 Å². The number of aromatic hydroxyl groups is 1. The van der Waals surface area contributed by atoms with Crippen LogP contribution in [0.4, 0.5) is 11.4 Å². The van der Waals surface area contributed by atoms with Gasteiger partial charge < -0.3 is 26.6 Å². The molecule has 0 radical (unpaired) electrons. The molecule has 3 aromatic rings. The second kappa shape index (κ2) is 10.6. The first-order valence-electron chi connectivity index (χ1n) is 11.1. The normalized spacial score (nSPS) is 12.0. The Morgan fingerprint density at radius 1 is 1.17 bits per heavy atom. The lowest BCUT2D eigenvalue weighted by molar-refractivity contribution is -0.123. The Bertz CT molecular complexity index is 1270. The van der Waals surface area contributed by atoms with Crippen LogP contribution in [0.1, 0.15) is 59.5 Å². The van der Waals surface area contributed by atoms with E-state index >= 15 is 0 Å². The van der Waals surface area contributed by atoms with Crippen molar-refractivity contribution in [3.05, 3.63) is 64.7 Å². The number of phenols is 1. The predicted molar refractivity (Wildman–Crippen MR) is 138 cm³/mol. The highest BCUT2D eigenvalue weighted by Gasteiger charge is 2.37. The van der Waals surface area contributed by atoms with Gasteiger partial charge in [0.1, 0.15) is 22.4 Å². The number of hydrogen-bond donors (Lipinski definition) is 4. The molecule has 0 saturated carbocycles. The number of benzene rings is 2. The van der Waals surface area contributed by atoms with E-state index in [9.17, 15) is 19.5 Å². The molecule has 0 spiro atoms. The van der Waals surface area contributed by atoms with Crippen LogP contribution in [-0.4, -0.2) is 39.3 Å². The molecule has 36 heavy (non-hydrogen) atoms. The molecular weight excluding hydrogens is 482 g/mol. The van der Waals surface area contributed by atoms with Gasteiger partial charge in [0.25, 0.3) is 11.8 Å². The van der Waals surface area contributed by atoms with E-state index in [0.717, 1.165) is 0 Å². The smallest absolute Gasteiger partial charge is 0.273 e. The largest absolute Gasteiger partial charge is 0.508 e. The van der Waals surface area contributed by atoms with Crippen LogP contribution in [0.5, 0.6) is 11.5 Å². The third-order valence-electron chi connectivity index (χ3n) is 4.99. The van der Waals surface area contributed by atoms with E-state index in [1.807, 2.05) is 27.7 Å². The number of aromatic nitrogens is 1. The van der Waals surface area contributed by atoms with Crippen molar-refractivity contribution in [2.45, 2.75) is 39.3 Å². The molecule has 0 saturated heterocycles. The van der Waals surface area contributed by atoms with Crippen molar-refractivity contribution in [1.82, 2.24) is 9.69 Å². The average molecular weight is 512 g/mol. The molecule has 10 nitrogen and oxygen atoms in total. The van der Waals surface area contributed by atoms with Crippen LogP contribution in [0, 0.1) is 0 Å². The predicted octanol–water partition coefficient (Wildman–Crippen LogP) is 3.23. The number of nitrogens with one attached hydrogen (secondary N) is 1. The summed E-state index contributed by atoms with van der Waals surface area (Å²) >= 11 is 0.705. The summed E-state index contributed by atoms with van der Waals surface area (Å²) < 4.78 is 9.45. The second-order valence-corrected chi connectivity index (χ2v) is 9.75. The average Bonchev–Trinajstić information content (AvgIpc) is 3.18. The molecule has 3 amide bonds. The van der Waals surface area contributed by atoms with Crippen molar-refractivity contribution in [2.75, 3.05) is 17.2 Å². The van der Waals surface area contributed by atoms with Gasteiger partial charge in [0, 0.05) is 17.3 Å². The fraction of sp³-hybridized carbons (Fsp3) is 0.280. The summed E-state index contributed by atoms with van der Waals surface area (Å²) in [6.45, 7) is 7.78. The van der Waals surface area contributed by atoms with E-state index in [2.05, 4.69) is 9.69 Å². The number of ether oxygens (including phenoxy) is 1. The molecule has 1 aromatic heterocycles. The van der Waals surface area contributed by atoms with Crippen LogP contribution in [0.2, 0.25) is 0 Å². The molecule has 0 bridgehead atoms. The summed E-state index contributed by atoms with van der Waals surface area (Å²) in [7, 11) is 0. The quantitative estimate of drug-likeness (QED) is 0.361. The van der Waals surface area contributed by atoms with Gasteiger partial charge >= 0.3 is 0 Å². The van der Waals surface area contributed by atoms with Gasteiger partial charge in [0.15, 0.2) is 5.69 Å². The Labute approximate surface area is 213 Å². The number of primary amides is 1. The Morgan fingerprint density at radius 3 is 2.36 bits per heavy atom. The number of amides is 3. The van der Waals surface area contributed by atoms with E-state index < -0.39 is 29.3 Å². The van der Waals surface area contributed by atoms with Crippen LogP contribution in [0.15, 0.2) is 48.5 Å². The topological polar surface area (TPSA) is 161 Å².